The van der Waals surface area contributed by atoms with Gasteiger partial charge in [-0.1, -0.05) is 0 Å². The normalized spacial score (nSPS) is 10.2. The molecule has 0 saturated carbocycles. The third-order valence-corrected chi connectivity index (χ3v) is 4.40. The lowest BCUT2D eigenvalue weighted by Crippen LogP contribution is -2.28. The molecule has 1 aromatic heterocycles. The Labute approximate surface area is 145 Å². The van der Waals surface area contributed by atoms with Gasteiger partial charge in [0.25, 0.3) is 0 Å². The average molecular weight is 351 g/mol. The quantitative estimate of drug-likeness (QED) is 0.836. The van der Waals surface area contributed by atoms with Gasteiger partial charge in [-0.15, -0.1) is 11.3 Å². The number of ether oxygens (including phenoxy) is 3. The first kappa shape index (κ1) is 17.9. The number of aromatic nitrogens is 1. The van der Waals surface area contributed by atoms with Crippen LogP contribution in [0.5, 0.6) is 17.2 Å². The van der Waals surface area contributed by atoms with Crippen molar-refractivity contribution in [1.29, 1.82) is 0 Å². The first-order valence-corrected chi connectivity index (χ1v) is 8.08. The Bertz CT molecular complexity index is 705. The standard InChI is InChI=1S/C16H21N3O4S/c1-9-14(24-10(2)18-9)8-17-16(20)19-11-6-12(21-3)15(23-5)13(7-11)22-4/h6-7H,8H2,1-5H3,(H2,17,19,20). The highest BCUT2D eigenvalue weighted by atomic mass is 32.1. The molecule has 2 N–H and O–H groups in total. The minimum atomic E-state index is -0.324. The number of amides is 2. The monoisotopic (exact) mass is 351 g/mol. The molecule has 130 valence electrons. The number of thiazole rings is 1. The molecule has 7 nitrogen and oxygen atoms in total. The number of urea groups is 1. The summed E-state index contributed by atoms with van der Waals surface area (Å²) in [5.74, 6) is 1.42. The van der Waals surface area contributed by atoms with Crippen LogP contribution < -0.4 is 24.8 Å². The van der Waals surface area contributed by atoms with Gasteiger partial charge in [-0.25, -0.2) is 9.78 Å². The summed E-state index contributed by atoms with van der Waals surface area (Å²) in [5.41, 5.74) is 1.48. The van der Waals surface area contributed by atoms with E-state index < -0.39 is 0 Å². The second-order valence-corrected chi connectivity index (χ2v) is 6.25. The van der Waals surface area contributed by atoms with E-state index >= 15 is 0 Å². The van der Waals surface area contributed by atoms with Crippen LogP contribution in [-0.4, -0.2) is 32.3 Å². The van der Waals surface area contributed by atoms with E-state index in [2.05, 4.69) is 15.6 Å². The van der Waals surface area contributed by atoms with Gasteiger partial charge in [-0.05, 0) is 13.8 Å². The number of nitrogens with one attached hydrogen (secondary N) is 2. The van der Waals surface area contributed by atoms with Crippen LogP contribution in [0.4, 0.5) is 10.5 Å². The van der Waals surface area contributed by atoms with Crippen molar-refractivity contribution in [2.24, 2.45) is 0 Å². The van der Waals surface area contributed by atoms with E-state index in [0.29, 0.717) is 29.5 Å². The molecule has 0 saturated heterocycles. The van der Waals surface area contributed by atoms with Gasteiger partial charge in [0.1, 0.15) is 0 Å². The number of hydrogen-bond donors (Lipinski definition) is 2. The van der Waals surface area contributed by atoms with Crippen molar-refractivity contribution in [3.8, 4) is 17.2 Å². The molecular formula is C16H21N3O4S. The Kier molecular flexibility index (Phi) is 5.86. The SMILES string of the molecule is COc1cc(NC(=O)NCc2sc(C)nc2C)cc(OC)c1OC. The van der Waals surface area contributed by atoms with Crippen LogP contribution in [0.25, 0.3) is 0 Å². The summed E-state index contributed by atoms with van der Waals surface area (Å²) < 4.78 is 15.8. The largest absolute Gasteiger partial charge is 0.493 e. The smallest absolute Gasteiger partial charge is 0.319 e. The van der Waals surface area contributed by atoms with Crippen molar-refractivity contribution in [3.63, 3.8) is 0 Å². The second kappa shape index (κ2) is 7.87. The zero-order valence-electron chi connectivity index (χ0n) is 14.4. The molecule has 24 heavy (non-hydrogen) atoms. The number of benzene rings is 1. The van der Waals surface area contributed by atoms with Gasteiger partial charge in [0, 0.05) is 17.0 Å². The van der Waals surface area contributed by atoms with Gasteiger partial charge >= 0.3 is 6.03 Å². The third kappa shape index (κ3) is 4.08. The fourth-order valence-electron chi connectivity index (χ4n) is 2.23. The molecule has 0 aliphatic carbocycles. The van der Waals surface area contributed by atoms with Gasteiger partial charge in [-0.2, -0.15) is 0 Å². The number of nitrogens with zero attached hydrogens (tertiary/aromatic N) is 1. The first-order valence-electron chi connectivity index (χ1n) is 7.26. The summed E-state index contributed by atoms with van der Waals surface area (Å²) in [5, 5.41) is 6.55. The van der Waals surface area contributed by atoms with Crippen molar-refractivity contribution < 1.29 is 19.0 Å². The number of methoxy groups -OCH3 is 3. The lowest BCUT2D eigenvalue weighted by molar-refractivity contribution is 0.252. The van der Waals surface area contributed by atoms with Crippen LogP contribution in [0.2, 0.25) is 0 Å². The highest BCUT2D eigenvalue weighted by Crippen LogP contribution is 2.39. The number of carbonyl (C=O) groups is 1. The van der Waals surface area contributed by atoms with Gasteiger partial charge in [0.05, 0.1) is 44.3 Å². The molecule has 0 bridgehead atoms. The maximum Gasteiger partial charge on any atom is 0.319 e. The number of carbonyl (C=O) groups excluding carboxylic acids is 1. The molecule has 0 spiro atoms. The molecule has 2 rings (SSSR count). The van der Waals surface area contributed by atoms with Gasteiger partial charge in [0.2, 0.25) is 5.75 Å². The highest BCUT2D eigenvalue weighted by molar-refractivity contribution is 7.11. The zero-order chi connectivity index (χ0) is 17.7. The second-order valence-electron chi connectivity index (χ2n) is 4.96. The van der Waals surface area contributed by atoms with Crippen LogP contribution in [0, 0.1) is 13.8 Å². The van der Waals surface area contributed by atoms with Crippen LogP contribution in [0.1, 0.15) is 15.6 Å². The van der Waals surface area contributed by atoms with Crippen molar-refractivity contribution in [2.75, 3.05) is 26.6 Å². The average Bonchev–Trinajstić information content (AvgIpc) is 2.89. The number of hydrogen-bond acceptors (Lipinski definition) is 6. The van der Waals surface area contributed by atoms with Gasteiger partial charge in [0.15, 0.2) is 11.5 Å². The molecule has 8 heteroatoms. The van der Waals surface area contributed by atoms with Crippen molar-refractivity contribution >= 4 is 23.1 Å². The van der Waals surface area contributed by atoms with Gasteiger partial charge < -0.3 is 24.8 Å². The molecular weight excluding hydrogens is 330 g/mol. The zero-order valence-corrected chi connectivity index (χ0v) is 15.2. The molecule has 1 aromatic carbocycles. The number of anilines is 1. The summed E-state index contributed by atoms with van der Waals surface area (Å²) >= 11 is 1.57. The molecule has 2 aromatic rings. The highest BCUT2D eigenvalue weighted by Gasteiger charge is 2.14. The van der Waals surface area contributed by atoms with E-state index in [1.54, 1.807) is 23.5 Å². The molecule has 0 fully saturated rings. The van der Waals surface area contributed by atoms with Crippen LogP contribution in [0.3, 0.4) is 0 Å². The van der Waals surface area contributed by atoms with Crippen molar-refractivity contribution in [3.05, 3.63) is 27.7 Å². The molecule has 0 aliphatic rings. The Hall–Kier alpha value is -2.48. The summed E-state index contributed by atoms with van der Waals surface area (Å²) in [6.45, 7) is 4.29. The fraction of sp³-hybridized carbons (Fsp3) is 0.375. The number of aryl methyl sites for hydroxylation is 2. The van der Waals surface area contributed by atoms with Crippen molar-refractivity contribution in [2.45, 2.75) is 20.4 Å². The molecule has 2 amide bonds. The van der Waals surface area contributed by atoms with E-state index in [0.717, 1.165) is 15.6 Å². The minimum absolute atomic E-state index is 0.324. The predicted octanol–water partition coefficient (Wildman–Crippen LogP) is 3.11. The van der Waals surface area contributed by atoms with E-state index in [1.807, 2.05) is 13.8 Å². The Morgan fingerprint density at radius 2 is 1.75 bits per heavy atom. The molecule has 1 heterocycles. The maximum atomic E-state index is 12.1. The van der Waals surface area contributed by atoms with Crippen molar-refractivity contribution in [1.82, 2.24) is 10.3 Å². The van der Waals surface area contributed by atoms with E-state index in [1.165, 1.54) is 21.3 Å². The van der Waals surface area contributed by atoms with Crippen LogP contribution in [-0.2, 0) is 6.54 Å². The first-order chi connectivity index (χ1) is 11.5. The lowest BCUT2D eigenvalue weighted by atomic mass is 10.2. The predicted molar refractivity (Wildman–Crippen MR) is 93.5 cm³/mol. The van der Waals surface area contributed by atoms with Gasteiger partial charge in [-0.3, -0.25) is 0 Å². The summed E-state index contributed by atoms with van der Waals surface area (Å²) in [4.78, 5) is 17.5. The molecule has 0 unspecified atom stereocenters. The Morgan fingerprint density at radius 1 is 1.12 bits per heavy atom. The fourth-order valence-corrected chi connectivity index (χ4v) is 3.10. The molecule has 0 aliphatic heterocycles. The lowest BCUT2D eigenvalue weighted by Gasteiger charge is -2.14. The topological polar surface area (TPSA) is 81.7 Å². The number of rotatable bonds is 6. The minimum Gasteiger partial charge on any atom is -0.493 e. The van der Waals surface area contributed by atoms with Crippen LogP contribution in [0.15, 0.2) is 12.1 Å². The van der Waals surface area contributed by atoms with Crippen LogP contribution >= 0.6 is 11.3 Å². The van der Waals surface area contributed by atoms with E-state index in [4.69, 9.17) is 14.2 Å². The summed E-state index contributed by atoms with van der Waals surface area (Å²) in [6, 6.07) is 3.02. The Balaban J connectivity index is 2.07. The summed E-state index contributed by atoms with van der Waals surface area (Å²) in [6.07, 6.45) is 0. The molecule has 0 radical (unpaired) electrons. The Morgan fingerprint density at radius 3 is 2.21 bits per heavy atom. The van der Waals surface area contributed by atoms with E-state index in [9.17, 15) is 4.79 Å². The molecule has 0 atom stereocenters. The van der Waals surface area contributed by atoms with E-state index in [-0.39, 0.29) is 6.03 Å². The maximum absolute atomic E-state index is 12.1. The third-order valence-electron chi connectivity index (χ3n) is 3.33. The summed E-state index contributed by atoms with van der Waals surface area (Å²) in [7, 11) is 4.58.